The number of likely N-dealkylation sites (tertiary alicyclic amines) is 1. The summed E-state index contributed by atoms with van der Waals surface area (Å²) in [5.74, 6) is 0.528. The smallest absolute Gasteiger partial charge is 0.174 e. The van der Waals surface area contributed by atoms with E-state index in [9.17, 15) is 15.0 Å². The first-order valence-corrected chi connectivity index (χ1v) is 8.65. The zero-order chi connectivity index (χ0) is 16.7. The first-order valence-electron chi connectivity index (χ1n) is 8.65. The number of phenolic OH excluding ortho intramolecular Hbond substituents is 1. The number of ether oxygens (including phenoxy) is 1. The van der Waals surface area contributed by atoms with E-state index in [-0.39, 0.29) is 35.5 Å². The van der Waals surface area contributed by atoms with E-state index in [2.05, 4.69) is 11.5 Å². The minimum Gasteiger partial charge on any atom is -0.504 e. The number of halogens is 1. The van der Waals surface area contributed by atoms with Gasteiger partial charge in [-0.25, -0.2) is 0 Å². The minimum atomic E-state index is -1.00. The first-order chi connectivity index (χ1) is 11.5. The lowest BCUT2D eigenvalue weighted by Crippen LogP contribution is -2.76. The Labute approximate surface area is 158 Å². The maximum atomic E-state index is 12.6. The molecule has 1 aromatic rings. The van der Waals surface area contributed by atoms with Crippen LogP contribution < -0.4 is 4.74 Å². The first kappa shape index (κ1) is 19.2. The molecule has 1 spiro atoms. The van der Waals surface area contributed by atoms with Gasteiger partial charge in [0.1, 0.15) is 0 Å². The third-order valence-electron chi connectivity index (χ3n) is 6.73. The molecular weight excluding hydrogens is 358 g/mol. The van der Waals surface area contributed by atoms with Gasteiger partial charge in [-0.3, -0.25) is 9.69 Å². The minimum absolute atomic E-state index is 0. The summed E-state index contributed by atoms with van der Waals surface area (Å²) in [4.78, 5) is 14.9. The fourth-order valence-electron chi connectivity index (χ4n) is 5.80. The lowest BCUT2D eigenvalue weighted by atomic mass is 9.49. The van der Waals surface area contributed by atoms with Crippen LogP contribution in [-0.2, 0) is 16.6 Å². The van der Waals surface area contributed by atoms with Crippen LogP contribution in [-0.4, -0.2) is 57.2 Å². The molecule has 2 bridgehead atoms. The highest BCUT2D eigenvalue weighted by molar-refractivity contribution is 5.90. The van der Waals surface area contributed by atoms with E-state index >= 15 is 0 Å². The number of phenols is 1. The molecule has 0 amide bonds. The van der Waals surface area contributed by atoms with Crippen molar-refractivity contribution in [2.45, 2.75) is 48.8 Å². The normalized spacial score (nSPS) is 36.3. The molecule has 2 heterocycles. The second-order valence-electron chi connectivity index (χ2n) is 7.56. The molecule has 7 heteroatoms. The number of aromatic hydroxyl groups is 1. The lowest BCUT2D eigenvalue weighted by Gasteiger charge is -2.62. The van der Waals surface area contributed by atoms with Crippen LogP contribution in [0.15, 0.2) is 24.8 Å². The zero-order valence-electron chi connectivity index (χ0n) is 14.4. The highest BCUT2D eigenvalue weighted by atomic mass is 35.5. The van der Waals surface area contributed by atoms with Gasteiger partial charge in [-0.2, -0.15) is 0 Å². The van der Waals surface area contributed by atoms with Crippen molar-refractivity contribution in [1.82, 2.24) is 4.90 Å². The van der Waals surface area contributed by atoms with E-state index in [4.69, 9.17) is 4.74 Å². The molecule has 2 aliphatic carbocycles. The Morgan fingerprint density at radius 1 is 1.38 bits per heavy atom. The summed E-state index contributed by atoms with van der Waals surface area (Å²) in [6.07, 6.45) is 3.35. The monoisotopic (exact) mass is 381 g/mol. The van der Waals surface area contributed by atoms with Gasteiger partial charge in [0.05, 0.1) is 11.0 Å². The van der Waals surface area contributed by atoms with E-state index in [0.29, 0.717) is 31.4 Å². The molecule has 4 atom stereocenters. The van der Waals surface area contributed by atoms with Gasteiger partial charge in [0, 0.05) is 31.1 Å². The number of aliphatic hydroxyl groups is 1. The molecule has 1 saturated heterocycles. The van der Waals surface area contributed by atoms with Crippen molar-refractivity contribution in [3.8, 4) is 11.5 Å². The van der Waals surface area contributed by atoms with Gasteiger partial charge in [0.15, 0.2) is 23.4 Å². The number of hydrogen-bond acceptors (Lipinski definition) is 5. The molecule has 1 aromatic carbocycles. The number of nitrogens with zero attached hydrogens (tertiary/aromatic N) is 1. The van der Waals surface area contributed by atoms with Crippen molar-refractivity contribution in [3.63, 3.8) is 0 Å². The lowest BCUT2D eigenvalue weighted by molar-refractivity contribution is -0.187. The van der Waals surface area contributed by atoms with Gasteiger partial charge >= 0.3 is 0 Å². The number of Topliss-reactive ketones (excluding diaryl/α,β-unsaturated/α-hetero) is 1. The topological polar surface area (TPSA) is 102 Å². The molecule has 142 valence electrons. The van der Waals surface area contributed by atoms with Gasteiger partial charge in [-0.15, -0.1) is 19.0 Å². The van der Waals surface area contributed by atoms with E-state index in [0.717, 1.165) is 24.2 Å². The molecule has 5 rings (SSSR count). The van der Waals surface area contributed by atoms with Crippen LogP contribution in [0.5, 0.6) is 11.5 Å². The summed E-state index contributed by atoms with van der Waals surface area (Å²) < 4.78 is 5.98. The third-order valence-corrected chi connectivity index (χ3v) is 6.73. The Morgan fingerprint density at radius 3 is 2.88 bits per heavy atom. The molecule has 0 unspecified atom stereocenters. The molecule has 4 aliphatic rings. The maximum absolute atomic E-state index is 12.6. The predicted molar refractivity (Wildman–Crippen MR) is 98.1 cm³/mol. The molecule has 1 saturated carbocycles. The fourth-order valence-corrected chi connectivity index (χ4v) is 5.80. The summed E-state index contributed by atoms with van der Waals surface area (Å²) in [6, 6.07) is 3.52. The van der Waals surface area contributed by atoms with Crippen LogP contribution in [0.3, 0.4) is 0 Å². The van der Waals surface area contributed by atoms with Crippen LogP contribution in [0.4, 0.5) is 0 Å². The summed E-state index contributed by atoms with van der Waals surface area (Å²) in [6.45, 7) is 5.36. The van der Waals surface area contributed by atoms with Crippen molar-refractivity contribution in [2.75, 3.05) is 13.1 Å². The Bertz CT molecular complexity index is 783. The number of piperidine rings is 1. The summed E-state index contributed by atoms with van der Waals surface area (Å²) in [7, 11) is 0. The van der Waals surface area contributed by atoms with Crippen LogP contribution in [0.2, 0.25) is 0 Å². The predicted octanol–water partition coefficient (Wildman–Crippen LogP) is 0.898. The maximum Gasteiger partial charge on any atom is 0.174 e. The average molecular weight is 382 g/mol. The Balaban J connectivity index is 0.000000980. The Kier molecular flexibility index (Phi) is 4.39. The fraction of sp³-hybridized carbons (Fsp3) is 0.526. The summed E-state index contributed by atoms with van der Waals surface area (Å²) in [5.41, 5.74) is 0.256. The Hall–Kier alpha value is -1.60. The average Bonchev–Trinajstić information content (AvgIpc) is 2.91. The van der Waals surface area contributed by atoms with Gasteiger partial charge < -0.3 is 20.4 Å². The van der Waals surface area contributed by atoms with Crippen LogP contribution >= 0.6 is 12.4 Å². The third kappa shape index (κ3) is 1.90. The number of carbonyl (C=O) groups is 1. The molecule has 26 heavy (non-hydrogen) atoms. The number of hydrogen-bond donors (Lipinski definition) is 2. The van der Waals surface area contributed by atoms with E-state index in [1.165, 1.54) is 0 Å². The number of benzene rings is 1. The van der Waals surface area contributed by atoms with Gasteiger partial charge in [-0.1, -0.05) is 12.1 Å². The number of carbonyl (C=O) groups excluding carboxylic acids is 1. The van der Waals surface area contributed by atoms with E-state index in [1.54, 1.807) is 6.07 Å². The molecule has 2 fully saturated rings. The van der Waals surface area contributed by atoms with Crippen LogP contribution in [0.25, 0.3) is 0 Å². The van der Waals surface area contributed by atoms with Gasteiger partial charge in [-0.05, 0) is 30.9 Å². The second kappa shape index (κ2) is 5.96. The highest BCUT2D eigenvalue weighted by Gasteiger charge is 2.72. The Morgan fingerprint density at radius 2 is 2.15 bits per heavy atom. The largest absolute Gasteiger partial charge is 0.504 e. The van der Waals surface area contributed by atoms with Crippen LogP contribution in [0.1, 0.15) is 30.4 Å². The summed E-state index contributed by atoms with van der Waals surface area (Å²) >= 11 is 0. The van der Waals surface area contributed by atoms with Gasteiger partial charge in [0.25, 0.3) is 0 Å². The standard InChI is InChI=1S/C19H21NO4.ClH.H2O/c1-2-8-20-9-7-18-15-11-3-4-12(21)16(15)24-17(18)13(22)5-6-19(18,23)14(20)10-11;;/h2-4,14,17,21,23H,1,5-10H2;1H;1H2/t14-,17+,18+,19-;;/m1../s1. The molecule has 6 nitrogen and oxygen atoms in total. The summed E-state index contributed by atoms with van der Waals surface area (Å²) in [5, 5.41) is 22.1. The van der Waals surface area contributed by atoms with Crippen LogP contribution in [0, 0.1) is 0 Å². The van der Waals surface area contributed by atoms with E-state index < -0.39 is 17.1 Å². The van der Waals surface area contributed by atoms with Crippen molar-refractivity contribution in [3.05, 3.63) is 35.9 Å². The number of ketones is 1. The quantitative estimate of drug-likeness (QED) is 0.741. The molecule has 4 N–H and O–H groups in total. The zero-order valence-corrected chi connectivity index (χ0v) is 15.2. The second-order valence-corrected chi connectivity index (χ2v) is 7.56. The molecule has 0 aromatic heterocycles. The van der Waals surface area contributed by atoms with Crippen molar-refractivity contribution in [2.24, 2.45) is 0 Å². The van der Waals surface area contributed by atoms with E-state index in [1.807, 2.05) is 12.1 Å². The molecule has 2 aliphatic heterocycles. The van der Waals surface area contributed by atoms with Gasteiger partial charge in [0.2, 0.25) is 0 Å². The number of rotatable bonds is 2. The van der Waals surface area contributed by atoms with Crippen molar-refractivity contribution in [1.29, 1.82) is 0 Å². The van der Waals surface area contributed by atoms with Crippen molar-refractivity contribution >= 4 is 18.2 Å². The highest BCUT2D eigenvalue weighted by Crippen LogP contribution is 2.64. The molecule has 0 radical (unpaired) electrons. The molecular formula is C19H24ClNO5. The van der Waals surface area contributed by atoms with Crippen molar-refractivity contribution < 1.29 is 25.2 Å². The SMILES string of the molecule is C=CCN1CC[C@]23c4c5ccc(O)c4O[C@H]2C(=O)CC[C@@]3(O)[C@H]1C5.Cl.O.